The number of carbonyl (C=O) groups is 2. The topological polar surface area (TPSA) is 57.6 Å². The first kappa shape index (κ1) is 27.0. The molecule has 4 nitrogen and oxygen atoms in total. The third-order valence-electron chi connectivity index (χ3n) is 9.73. The molecule has 38 heavy (non-hydrogen) atoms. The van der Waals surface area contributed by atoms with Crippen LogP contribution in [0.5, 0.6) is 0 Å². The molecule has 4 aliphatic rings. The van der Waals surface area contributed by atoms with E-state index in [0.717, 1.165) is 16.7 Å². The summed E-state index contributed by atoms with van der Waals surface area (Å²) in [7, 11) is 3.24. The normalized spacial score (nSPS) is 33.3. The van der Waals surface area contributed by atoms with E-state index in [9.17, 15) is 27.9 Å². The Morgan fingerprint density at radius 3 is 2.29 bits per heavy atom. The first-order chi connectivity index (χ1) is 17.6. The predicted octanol–water partition coefficient (Wildman–Crippen LogP) is 6.22. The van der Waals surface area contributed by atoms with E-state index < -0.39 is 41.4 Å². The fourth-order valence-electron chi connectivity index (χ4n) is 7.83. The van der Waals surface area contributed by atoms with Gasteiger partial charge >= 0.3 is 12.1 Å². The lowest BCUT2D eigenvalue weighted by atomic mass is 9.50. The lowest BCUT2D eigenvalue weighted by Gasteiger charge is -2.56. The number of allylic oxidation sites excluding steroid dienone is 4. The van der Waals surface area contributed by atoms with Gasteiger partial charge < -0.3 is 10.0 Å². The number of ketones is 1. The summed E-state index contributed by atoms with van der Waals surface area (Å²) in [4.78, 5) is 26.0. The van der Waals surface area contributed by atoms with Crippen LogP contribution < -0.4 is 0 Å². The molecule has 0 aromatic heterocycles. The van der Waals surface area contributed by atoms with Crippen LogP contribution in [-0.2, 0) is 4.79 Å². The molecule has 4 aliphatic carbocycles. The first-order valence-electron chi connectivity index (χ1n) is 13.1. The minimum absolute atomic E-state index is 0.0339. The second kappa shape index (κ2) is 8.73. The molecule has 2 fully saturated rings. The van der Waals surface area contributed by atoms with E-state index in [0.29, 0.717) is 36.8 Å². The van der Waals surface area contributed by atoms with Crippen LogP contribution in [0, 0.1) is 17.3 Å². The molecule has 1 amide bonds. The molecule has 0 bridgehead atoms. The third kappa shape index (κ3) is 3.71. The van der Waals surface area contributed by atoms with Crippen molar-refractivity contribution in [3.05, 3.63) is 58.2 Å². The van der Waals surface area contributed by atoms with Gasteiger partial charge in [-0.3, -0.25) is 9.59 Å². The van der Waals surface area contributed by atoms with Crippen LogP contribution in [0.15, 0.2) is 47.1 Å². The number of fused-ring (bicyclic) bond motifs is 4. The monoisotopic (exact) mass is 537 g/mol. The molecular weight excluding hydrogens is 505 g/mol. The Morgan fingerprint density at radius 2 is 1.68 bits per heavy atom. The van der Waals surface area contributed by atoms with Crippen LogP contribution in [0.4, 0.5) is 22.0 Å². The fourth-order valence-corrected chi connectivity index (χ4v) is 7.83. The van der Waals surface area contributed by atoms with Gasteiger partial charge in [-0.05, 0) is 85.3 Å². The smallest absolute Gasteiger partial charge is 0.383 e. The minimum Gasteiger partial charge on any atom is -0.383 e. The van der Waals surface area contributed by atoms with Crippen molar-refractivity contribution in [2.75, 3.05) is 14.1 Å². The van der Waals surface area contributed by atoms with E-state index in [1.54, 1.807) is 44.4 Å². The Morgan fingerprint density at radius 1 is 1.03 bits per heavy atom. The molecule has 0 radical (unpaired) electrons. The Kier molecular flexibility index (Phi) is 6.21. The SMILES string of the molecule is CN(C)C(=O)c1ccc([C@H]2C[C@@]3(C)C(CC[C@]3(O)C(F)(F)C(F)(F)F)C3CCC4=CC(=O)CCC4=C32)cc1. The molecule has 5 atom stereocenters. The van der Waals surface area contributed by atoms with Gasteiger partial charge in [0, 0.05) is 37.4 Å². The van der Waals surface area contributed by atoms with E-state index in [2.05, 4.69) is 0 Å². The molecule has 206 valence electrons. The van der Waals surface area contributed by atoms with E-state index in [1.165, 1.54) is 11.8 Å². The standard InChI is InChI=1S/C29H32F5NO3/c1-26-15-22(16-4-6-17(7-5-16)25(37)35(2)3)24-20-11-9-19(36)14-18(20)8-10-21(24)23(26)12-13-27(26,38)28(30,31)29(32,33)34/h4-7,14,21-23,38H,8-13,15H2,1-3H3/t21?,22-,23?,26+,27-/m1/s1. The van der Waals surface area contributed by atoms with Crippen molar-refractivity contribution < 1.29 is 36.6 Å². The molecule has 9 heteroatoms. The molecule has 2 saturated carbocycles. The molecule has 0 heterocycles. The Hall–Kier alpha value is -2.55. The number of alkyl halides is 5. The molecule has 0 aliphatic heterocycles. The van der Waals surface area contributed by atoms with Gasteiger partial charge in [0.05, 0.1) is 0 Å². The highest BCUT2D eigenvalue weighted by atomic mass is 19.4. The fraction of sp³-hybridized carbons (Fsp3) is 0.586. The van der Waals surface area contributed by atoms with Gasteiger partial charge in [0.25, 0.3) is 5.91 Å². The van der Waals surface area contributed by atoms with Gasteiger partial charge in [0.2, 0.25) is 0 Å². The molecule has 0 saturated heterocycles. The summed E-state index contributed by atoms with van der Waals surface area (Å²) < 4.78 is 71.1. The largest absolute Gasteiger partial charge is 0.456 e. The Labute approximate surface area is 218 Å². The predicted molar refractivity (Wildman–Crippen MR) is 131 cm³/mol. The molecule has 0 spiro atoms. The number of halogens is 5. The quantitative estimate of drug-likeness (QED) is 0.466. The number of rotatable bonds is 3. The summed E-state index contributed by atoms with van der Waals surface area (Å²) in [5.74, 6) is -6.79. The van der Waals surface area contributed by atoms with Crippen molar-refractivity contribution in [1.82, 2.24) is 4.90 Å². The first-order valence-corrected chi connectivity index (χ1v) is 13.1. The number of hydrogen-bond acceptors (Lipinski definition) is 3. The van der Waals surface area contributed by atoms with E-state index in [4.69, 9.17) is 0 Å². The van der Waals surface area contributed by atoms with Crippen molar-refractivity contribution >= 4 is 11.7 Å². The molecule has 1 aromatic rings. The molecule has 1 N–H and O–H groups in total. The summed E-state index contributed by atoms with van der Waals surface area (Å²) in [5, 5.41) is 11.3. The summed E-state index contributed by atoms with van der Waals surface area (Å²) in [6.45, 7) is 1.40. The number of benzene rings is 1. The van der Waals surface area contributed by atoms with E-state index >= 15 is 8.78 Å². The van der Waals surface area contributed by atoms with E-state index in [1.807, 2.05) is 0 Å². The zero-order valence-corrected chi connectivity index (χ0v) is 21.7. The van der Waals surface area contributed by atoms with Crippen molar-refractivity contribution in [2.45, 2.75) is 75.5 Å². The lowest BCUT2D eigenvalue weighted by molar-refractivity contribution is -0.362. The molecule has 1 aromatic carbocycles. The number of amides is 1. The Bertz CT molecular complexity index is 1230. The average Bonchev–Trinajstić information content (AvgIpc) is 3.13. The highest BCUT2D eigenvalue weighted by molar-refractivity contribution is 5.94. The summed E-state index contributed by atoms with van der Waals surface area (Å²) in [6, 6.07) is 6.75. The van der Waals surface area contributed by atoms with Gasteiger partial charge in [0.15, 0.2) is 5.78 Å². The van der Waals surface area contributed by atoms with Crippen LogP contribution >= 0.6 is 0 Å². The van der Waals surface area contributed by atoms with Crippen LogP contribution in [0.25, 0.3) is 0 Å². The molecule has 2 unspecified atom stereocenters. The lowest BCUT2D eigenvalue weighted by Crippen LogP contribution is -2.65. The zero-order valence-electron chi connectivity index (χ0n) is 21.7. The number of hydrogen-bond donors (Lipinski definition) is 1. The van der Waals surface area contributed by atoms with Gasteiger partial charge in [-0.1, -0.05) is 24.6 Å². The van der Waals surface area contributed by atoms with Crippen molar-refractivity contribution in [3.8, 4) is 0 Å². The third-order valence-corrected chi connectivity index (χ3v) is 9.73. The van der Waals surface area contributed by atoms with Crippen molar-refractivity contribution in [2.24, 2.45) is 17.3 Å². The summed E-state index contributed by atoms with van der Waals surface area (Å²) in [6.07, 6.45) is -2.96. The second-order valence-corrected chi connectivity index (χ2v) is 11.8. The second-order valence-electron chi connectivity index (χ2n) is 11.8. The van der Waals surface area contributed by atoms with Gasteiger partial charge in [0.1, 0.15) is 5.60 Å². The maximum atomic E-state index is 15.0. The van der Waals surface area contributed by atoms with Gasteiger partial charge in [-0.2, -0.15) is 22.0 Å². The van der Waals surface area contributed by atoms with E-state index in [-0.39, 0.29) is 30.4 Å². The average molecular weight is 538 g/mol. The number of carbonyl (C=O) groups excluding carboxylic acids is 2. The van der Waals surface area contributed by atoms with Crippen LogP contribution in [0.2, 0.25) is 0 Å². The van der Waals surface area contributed by atoms with Gasteiger partial charge in [-0.15, -0.1) is 0 Å². The van der Waals surface area contributed by atoms with Crippen molar-refractivity contribution in [1.29, 1.82) is 0 Å². The Balaban J connectivity index is 1.66. The summed E-state index contributed by atoms with van der Waals surface area (Å²) in [5.41, 5.74) is -0.861. The van der Waals surface area contributed by atoms with Crippen molar-refractivity contribution in [3.63, 3.8) is 0 Å². The maximum absolute atomic E-state index is 15.0. The number of nitrogens with zero attached hydrogens (tertiary/aromatic N) is 1. The zero-order chi connectivity index (χ0) is 27.8. The van der Waals surface area contributed by atoms with Crippen LogP contribution in [-0.4, -0.2) is 53.5 Å². The van der Waals surface area contributed by atoms with Crippen LogP contribution in [0.1, 0.15) is 73.7 Å². The molecule has 5 rings (SSSR count). The molecular formula is C29H32F5NO3. The minimum atomic E-state index is -5.88. The summed E-state index contributed by atoms with van der Waals surface area (Å²) >= 11 is 0. The highest BCUT2D eigenvalue weighted by Crippen LogP contribution is 2.70. The maximum Gasteiger partial charge on any atom is 0.456 e. The van der Waals surface area contributed by atoms with Crippen LogP contribution in [0.3, 0.4) is 0 Å². The van der Waals surface area contributed by atoms with Gasteiger partial charge in [-0.25, -0.2) is 0 Å². The number of aliphatic hydroxyl groups is 1. The highest BCUT2D eigenvalue weighted by Gasteiger charge is 2.79.